The monoisotopic (exact) mass is 408 g/mol. The standard InChI is InChI=1S/C19H20N4O2.2ClH/c1-5-16(6-2-14(1)18-20-9-10-21-18)24-13-25-17-7-3-15(4-8-17)19-22-11-12-23-19;;/h1-8H,9-13H2,(H,20,21)(H,22,23);2*1H. The van der Waals surface area contributed by atoms with Gasteiger partial charge in [-0.05, 0) is 48.5 Å². The van der Waals surface area contributed by atoms with Gasteiger partial charge >= 0.3 is 0 Å². The zero-order valence-corrected chi connectivity index (χ0v) is 16.3. The van der Waals surface area contributed by atoms with Crippen LogP contribution in [0.2, 0.25) is 0 Å². The van der Waals surface area contributed by atoms with Crippen LogP contribution in [0, 0.1) is 0 Å². The molecule has 4 rings (SSSR count). The van der Waals surface area contributed by atoms with Gasteiger partial charge in [0.1, 0.15) is 23.2 Å². The average Bonchev–Trinajstić information content (AvgIpc) is 3.37. The Balaban J connectivity index is 0.00000131. The topological polar surface area (TPSA) is 67.2 Å². The largest absolute Gasteiger partial charge is 0.458 e. The van der Waals surface area contributed by atoms with Crippen LogP contribution < -0.4 is 20.1 Å². The molecule has 144 valence electrons. The molecule has 0 saturated heterocycles. The Kier molecular flexibility index (Phi) is 7.76. The van der Waals surface area contributed by atoms with Crippen molar-refractivity contribution in [3.05, 3.63) is 59.7 Å². The number of halogens is 2. The molecule has 0 saturated carbocycles. The third kappa shape index (κ3) is 5.28. The van der Waals surface area contributed by atoms with Gasteiger partial charge in [-0.3, -0.25) is 9.98 Å². The lowest BCUT2D eigenvalue weighted by Gasteiger charge is -2.10. The SMILES string of the molecule is Cl.Cl.c1cc(C2=NCCN2)ccc1OCOc1ccc(C2=NCCN2)cc1. The van der Waals surface area contributed by atoms with Crippen molar-refractivity contribution in [2.75, 3.05) is 33.0 Å². The second-order valence-corrected chi connectivity index (χ2v) is 5.77. The number of amidine groups is 2. The predicted octanol–water partition coefficient (Wildman–Crippen LogP) is 2.65. The highest BCUT2D eigenvalue weighted by Crippen LogP contribution is 2.16. The maximum atomic E-state index is 5.64. The van der Waals surface area contributed by atoms with E-state index in [1.807, 2.05) is 48.5 Å². The van der Waals surface area contributed by atoms with Gasteiger partial charge in [-0.15, -0.1) is 24.8 Å². The van der Waals surface area contributed by atoms with E-state index in [9.17, 15) is 0 Å². The number of nitrogens with one attached hydrogen (secondary N) is 2. The van der Waals surface area contributed by atoms with Gasteiger partial charge in [0, 0.05) is 24.2 Å². The lowest BCUT2D eigenvalue weighted by atomic mass is 10.2. The molecular weight excluding hydrogens is 387 g/mol. The highest BCUT2D eigenvalue weighted by atomic mass is 35.5. The third-order valence-electron chi connectivity index (χ3n) is 4.06. The molecule has 0 aliphatic carbocycles. The van der Waals surface area contributed by atoms with Crippen LogP contribution in [0.1, 0.15) is 11.1 Å². The van der Waals surface area contributed by atoms with Gasteiger partial charge in [0.15, 0.2) is 0 Å². The molecule has 2 heterocycles. The van der Waals surface area contributed by atoms with Crippen molar-refractivity contribution in [3.8, 4) is 11.5 Å². The zero-order valence-electron chi connectivity index (χ0n) is 14.7. The van der Waals surface area contributed by atoms with E-state index in [-0.39, 0.29) is 31.6 Å². The molecule has 2 aromatic rings. The number of ether oxygens (including phenoxy) is 2. The van der Waals surface area contributed by atoms with E-state index in [0.717, 1.165) is 60.5 Å². The smallest absolute Gasteiger partial charge is 0.230 e. The molecule has 2 aliphatic rings. The fraction of sp³-hybridized carbons (Fsp3) is 0.263. The Morgan fingerprint density at radius 3 is 1.41 bits per heavy atom. The van der Waals surface area contributed by atoms with Crippen molar-refractivity contribution < 1.29 is 9.47 Å². The van der Waals surface area contributed by atoms with E-state index in [0.29, 0.717) is 0 Å². The minimum atomic E-state index is 0. The maximum Gasteiger partial charge on any atom is 0.230 e. The average molecular weight is 409 g/mol. The second kappa shape index (κ2) is 10.0. The maximum absolute atomic E-state index is 5.64. The number of hydrogen-bond acceptors (Lipinski definition) is 6. The highest BCUT2D eigenvalue weighted by Gasteiger charge is 2.08. The van der Waals surface area contributed by atoms with Crippen LogP contribution in [-0.4, -0.2) is 44.6 Å². The quantitative estimate of drug-likeness (QED) is 0.720. The minimum absolute atomic E-state index is 0. The van der Waals surface area contributed by atoms with Gasteiger partial charge in [0.2, 0.25) is 6.79 Å². The minimum Gasteiger partial charge on any atom is -0.458 e. The summed E-state index contributed by atoms with van der Waals surface area (Å²) in [7, 11) is 0. The van der Waals surface area contributed by atoms with Crippen molar-refractivity contribution in [2.45, 2.75) is 0 Å². The summed E-state index contributed by atoms with van der Waals surface area (Å²) in [6, 6.07) is 15.7. The molecule has 0 spiro atoms. The Labute approximate surface area is 170 Å². The van der Waals surface area contributed by atoms with Crippen LogP contribution in [0.5, 0.6) is 11.5 Å². The summed E-state index contributed by atoms with van der Waals surface area (Å²) < 4.78 is 11.3. The molecule has 0 amide bonds. The predicted molar refractivity (Wildman–Crippen MR) is 112 cm³/mol. The molecule has 8 heteroatoms. The Morgan fingerprint density at radius 1 is 0.667 bits per heavy atom. The molecule has 6 nitrogen and oxygen atoms in total. The lowest BCUT2D eigenvalue weighted by molar-refractivity contribution is 0.120. The first-order chi connectivity index (χ1) is 12.4. The Hall–Kier alpha value is -2.44. The second-order valence-electron chi connectivity index (χ2n) is 5.77. The number of aliphatic imine (C=N–C) groups is 2. The summed E-state index contributed by atoms with van der Waals surface area (Å²) in [6.45, 7) is 3.65. The first-order valence-electron chi connectivity index (χ1n) is 8.42. The van der Waals surface area contributed by atoms with Gasteiger partial charge in [0.05, 0.1) is 13.1 Å². The fourth-order valence-corrected chi connectivity index (χ4v) is 2.77. The van der Waals surface area contributed by atoms with Gasteiger partial charge in [-0.1, -0.05) is 0 Å². The van der Waals surface area contributed by atoms with Crippen LogP contribution in [-0.2, 0) is 0 Å². The fourth-order valence-electron chi connectivity index (χ4n) is 2.77. The van der Waals surface area contributed by atoms with Crippen molar-refractivity contribution in [2.24, 2.45) is 9.98 Å². The summed E-state index contributed by atoms with van der Waals surface area (Å²) >= 11 is 0. The van der Waals surface area contributed by atoms with E-state index < -0.39 is 0 Å². The van der Waals surface area contributed by atoms with E-state index in [4.69, 9.17) is 9.47 Å². The lowest BCUT2D eigenvalue weighted by Crippen LogP contribution is -2.19. The molecule has 0 unspecified atom stereocenters. The van der Waals surface area contributed by atoms with Crippen LogP contribution in [0.25, 0.3) is 0 Å². The number of rotatable bonds is 6. The number of benzene rings is 2. The molecule has 0 aromatic heterocycles. The van der Waals surface area contributed by atoms with E-state index in [1.54, 1.807) is 0 Å². The van der Waals surface area contributed by atoms with Crippen molar-refractivity contribution in [1.29, 1.82) is 0 Å². The van der Waals surface area contributed by atoms with Crippen LogP contribution in [0.3, 0.4) is 0 Å². The molecule has 2 aromatic carbocycles. The molecule has 0 bridgehead atoms. The normalized spacial score (nSPS) is 14.7. The van der Waals surface area contributed by atoms with Crippen LogP contribution >= 0.6 is 24.8 Å². The summed E-state index contributed by atoms with van der Waals surface area (Å²) in [6.07, 6.45) is 0. The van der Waals surface area contributed by atoms with E-state index >= 15 is 0 Å². The first kappa shape index (κ1) is 20.9. The highest BCUT2D eigenvalue weighted by molar-refractivity contribution is 6.00. The van der Waals surface area contributed by atoms with Gasteiger partial charge in [0.25, 0.3) is 0 Å². The summed E-state index contributed by atoms with van der Waals surface area (Å²) in [5.74, 6) is 3.43. The Morgan fingerprint density at radius 2 is 1.07 bits per heavy atom. The molecule has 2 aliphatic heterocycles. The summed E-state index contributed by atoms with van der Waals surface area (Å²) in [4.78, 5) is 8.80. The van der Waals surface area contributed by atoms with Gasteiger partial charge in [-0.25, -0.2) is 0 Å². The molecule has 0 fully saturated rings. The van der Waals surface area contributed by atoms with Crippen LogP contribution in [0.15, 0.2) is 58.5 Å². The van der Waals surface area contributed by atoms with Crippen molar-refractivity contribution in [1.82, 2.24) is 10.6 Å². The van der Waals surface area contributed by atoms with Crippen molar-refractivity contribution >= 4 is 36.5 Å². The van der Waals surface area contributed by atoms with E-state index in [2.05, 4.69) is 20.6 Å². The molecule has 27 heavy (non-hydrogen) atoms. The molecule has 2 N–H and O–H groups in total. The molecular formula is C19H22Cl2N4O2. The van der Waals surface area contributed by atoms with Gasteiger partial charge < -0.3 is 20.1 Å². The van der Waals surface area contributed by atoms with Gasteiger partial charge in [-0.2, -0.15) is 0 Å². The van der Waals surface area contributed by atoms with Crippen molar-refractivity contribution in [3.63, 3.8) is 0 Å². The molecule has 0 atom stereocenters. The number of nitrogens with zero attached hydrogens (tertiary/aromatic N) is 2. The Bertz CT molecular complexity index is 725. The first-order valence-corrected chi connectivity index (χ1v) is 8.42. The number of hydrogen-bond donors (Lipinski definition) is 2. The zero-order chi connectivity index (χ0) is 16.9. The third-order valence-corrected chi connectivity index (χ3v) is 4.06. The molecule has 0 radical (unpaired) electrons. The summed E-state index contributed by atoms with van der Waals surface area (Å²) in [5.41, 5.74) is 2.15. The van der Waals surface area contributed by atoms with E-state index in [1.165, 1.54) is 0 Å². The summed E-state index contributed by atoms with van der Waals surface area (Å²) in [5, 5.41) is 6.51. The van der Waals surface area contributed by atoms with Crippen LogP contribution in [0.4, 0.5) is 0 Å².